The van der Waals surface area contributed by atoms with Crippen molar-refractivity contribution in [1.82, 2.24) is 10.2 Å². The zero-order chi connectivity index (χ0) is 56.7. The van der Waals surface area contributed by atoms with Gasteiger partial charge in [0.05, 0.1) is 67.3 Å². The fourth-order valence-electron chi connectivity index (χ4n) is 6.80. The van der Waals surface area contributed by atoms with E-state index in [2.05, 4.69) is 44.9 Å². The van der Waals surface area contributed by atoms with Crippen LogP contribution in [-0.2, 0) is 60.1 Å². The third-order valence-electron chi connectivity index (χ3n) is 9.95. The summed E-state index contributed by atoms with van der Waals surface area (Å²) < 4.78 is 40.1. The Kier molecular flexibility index (Phi) is 35.6. The third-order valence-corrected chi connectivity index (χ3v) is 11.5. The van der Waals surface area contributed by atoms with Gasteiger partial charge in [-0.3, -0.25) is 29.3 Å². The lowest BCUT2D eigenvalue weighted by atomic mass is 9.93. The van der Waals surface area contributed by atoms with Crippen LogP contribution in [0.5, 0.6) is 5.75 Å². The number of imide groups is 1. The van der Waals surface area contributed by atoms with E-state index < -0.39 is 61.4 Å². The summed E-state index contributed by atoms with van der Waals surface area (Å²) in [4.78, 5) is 91.3. The summed E-state index contributed by atoms with van der Waals surface area (Å²) in [5, 5.41) is 9.91. The molecule has 3 N–H and O–H groups in total. The molecule has 0 aromatic heterocycles. The van der Waals surface area contributed by atoms with Gasteiger partial charge in [-0.15, -0.1) is 24.8 Å². The van der Waals surface area contributed by atoms with Crippen LogP contribution in [0.15, 0.2) is 66.8 Å². The number of nitrogens with one attached hydrogen (secondary N) is 1. The maximum atomic E-state index is 14.5. The number of ether oxygens (including phenoxy) is 3. The molecule has 1 heterocycles. The topological polar surface area (TPSA) is 232 Å². The van der Waals surface area contributed by atoms with Gasteiger partial charge in [-0.1, -0.05) is 91.8 Å². The molecule has 2 atom stereocenters. The maximum Gasteiger partial charge on any atom is 0.344 e. The number of carbonyl (C=O) groups excluding carboxylic acids is 5. The Morgan fingerprint density at radius 3 is 2.05 bits per heavy atom. The molecule has 2 aromatic rings. The normalized spacial score (nSPS) is 13.8. The molecule has 4 amide bonds. The Morgan fingerprint density at radius 1 is 1.03 bits per heavy atom. The number of aliphatic carboxylic acids is 1. The Bertz CT molecular complexity index is 2210. The molecule has 0 fully saturated rings. The number of esters is 1. The van der Waals surface area contributed by atoms with Crippen LogP contribution in [0.25, 0.3) is 0 Å². The highest BCUT2D eigenvalue weighted by atomic mass is 35.5. The van der Waals surface area contributed by atoms with Crippen molar-refractivity contribution in [3.8, 4) is 5.75 Å². The number of unbranched alkanes of at least 4 members (excludes halogenated alkanes) is 2. The van der Waals surface area contributed by atoms with Crippen LogP contribution in [0.3, 0.4) is 0 Å². The summed E-state index contributed by atoms with van der Waals surface area (Å²) in [5.41, 5.74) is 3.88. The van der Waals surface area contributed by atoms with Crippen LogP contribution >= 0.6 is 54.0 Å². The summed E-state index contributed by atoms with van der Waals surface area (Å²) in [6.45, 7) is 15.9. The van der Waals surface area contributed by atoms with Gasteiger partial charge in [0.1, 0.15) is 25.0 Å². The number of methoxy groups -OCH3 is 1. The van der Waals surface area contributed by atoms with Crippen molar-refractivity contribution in [2.24, 2.45) is 0 Å². The first kappa shape index (κ1) is 70.0. The molecule has 0 saturated heterocycles. The monoisotopic (exact) mass is 1160 g/mol. The lowest BCUT2D eigenvalue weighted by Gasteiger charge is -2.31. The fraction of sp³-hybridized carbons (Fsp3) is 0.520. The molecule has 1 aliphatic heterocycles. The van der Waals surface area contributed by atoms with Gasteiger partial charge in [0.2, 0.25) is 5.91 Å². The lowest BCUT2D eigenvalue weighted by molar-refractivity contribution is -0.193. The smallest absolute Gasteiger partial charge is 0.344 e. The van der Waals surface area contributed by atoms with Gasteiger partial charge in [-0.25, -0.2) is 14.1 Å². The maximum absolute atomic E-state index is 14.5. The second-order valence-corrected chi connectivity index (χ2v) is 22.5. The van der Waals surface area contributed by atoms with E-state index in [0.717, 1.165) is 66.3 Å². The molecule has 0 spiro atoms. The molecule has 0 saturated carbocycles. The molecular formula is C50H72Cl4FN4O13PS. The van der Waals surface area contributed by atoms with Crippen LogP contribution in [0.2, 0.25) is 5.02 Å². The van der Waals surface area contributed by atoms with Gasteiger partial charge in [0.25, 0.3) is 17.7 Å². The third kappa shape index (κ3) is 26.2. The first-order chi connectivity index (χ1) is 34.8. The first-order valence-electron chi connectivity index (χ1n) is 23.3. The van der Waals surface area contributed by atoms with Crippen LogP contribution in [-0.4, -0.2) is 139 Å². The van der Waals surface area contributed by atoms with Gasteiger partial charge in [-0.2, -0.15) is 0 Å². The lowest BCUT2D eigenvalue weighted by Crippen LogP contribution is -2.43. The number of para-hydroxylation sites is 1. The number of carboxylic acids is 1. The first-order valence-corrected chi connectivity index (χ1v) is 29.3. The number of anilines is 2. The number of carbonyl (C=O) groups is 6. The number of carboxylic acid groups (broad SMARTS) is 1. The fourth-order valence-corrected chi connectivity index (χ4v) is 7.81. The number of amides is 4. The van der Waals surface area contributed by atoms with Crippen molar-refractivity contribution >= 4 is 112 Å². The second kappa shape index (κ2) is 37.7. The van der Waals surface area contributed by atoms with Gasteiger partial charge in [-0.05, 0) is 80.5 Å². The predicted octanol–water partition coefficient (Wildman–Crippen LogP) is 8.15. The Labute approximate surface area is 458 Å². The summed E-state index contributed by atoms with van der Waals surface area (Å²) >= 11 is 22.6. The van der Waals surface area contributed by atoms with Gasteiger partial charge < -0.3 is 43.5 Å². The zero-order valence-electron chi connectivity index (χ0n) is 43.4. The molecule has 1 aliphatic carbocycles. The van der Waals surface area contributed by atoms with E-state index in [1.54, 1.807) is 24.2 Å². The van der Waals surface area contributed by atoms with Crippen LogP contribution < -0.4 is 24.7 Å². The van der Waals surface area contributed by atoms with E-state index in [1.165, 1.54) is 11.0 Å². The van der Waals surface area contributed by atoms with Crippen molar-refractivity contribution in [2.45, 2.75) is 89.9 Å². The average molecular weight is 1160 g/mol. The number of hydrogen-bond acceptors (Lipinski definition) is 12. The number of nitrogens with zero attached hydrogens (tertiary/aromatic N) is 3. The molecule has 0 radical (unpaired) electrons. The number of hydrogen-bond donors (Lipinski definition) is 3. The average Bonchev–Trinajstić information content (AvgIpc) is 3.58. The predicted molar refractivity (Wildman–Crippen MR) is 293 cm³/mol. The Morgan fingerprint density at radius 2 is 1.59 bits per heavy atom. The molecule has 24 heteroatoms. The number of halogens is 5. The highest BCUT2D eigenvalue weighted by Gasteiger charge is 2.41. The minimum Gasteiger partial charge on any atom is -0.778 e. The minimum absolute atomic E-state index is 0.000883. The van der Waals surface area contributed by atoms with Crippen LogP contribution in [0, 0.1) is 12.7 Å². The number of benzene rings is 2. The highest BCUT2D eigenvalue weighted by Crippen LogP contribution is 2.39. The standard InChI is InChI=1S/C21H23ClFNO5.C15H22ClNO2.C8H11Cl2NO.C3H8NO5P.C3H9S/c1-2-3-6-9-28-19(25)12-29-18-11-17(16(23)10-15(18)22)24-20(26)13-7-4-5-8-14(13)21(24)27;1-5-13-8-6-7-11(2)15(13)17(14(18)9-16)12(3)10-19-4;1-3-5-11(6-4-2)8(12)7(9)10;5-3(6)1-4-2-10(7,8)9;1-4(2)3/h10-11H,2-9,12H2,1H3;6-8,12H,5,9-10H2,1-4H3;3-4,7H,1-2,5-6H2;4H,1-2H2,(H,5,6)(H2,7,8,9);1-3H3/q;;;;+1/p-1. The van der Waals surface area contributed by atoms with Crippen LogP contribution in [0.4, 0.5) is 15.8 Å². The summed E-state index contributed by atoms with van der Waals surface area (Å²) in [6, 6.07) is 8.19. The van der Waals surface area contributed by atoms with E-state index in [9.17, 15) is 42.6 Å². The van der Waals surface area contributed by atoms with Crippen molar-refractivity contribution in [3.63, 3.8) is 0 Å². The number of alkyl halides is 3. The molecule has 416 valence electrons. The SMILES string of the molecule is C=CCN(CC=C)C(=O)C(Cl)Cl.CCCCCOC(=O)COc1cc(N2C(=O)C3=C(CCCC3)C2=O)c(F)cc1Cl.CCc1cccc(C)c1N(C(=O)CCl)C(C)COC.C[S+](C)C.O=C(O)CNCP(=O)([O-])O. The second-order valence-electron chi connectivity index (χ2n) is 16.7. The number of aryl methyl sites for hydroxylation is 2. The van der Waals surface area contributed by atoms with Crippen molar-refractivity contribution in [3.05, 3.63) is 88.8 Å². The molecule has 2 aromatic carbocycles. The van der Waals surface area contributed by atoms with Gasteiger partial charge >= 0.3 is 11.9 Å². The molecule has 2 unspecified atom stereocenters. The quantitative estimate of drug-likeness (QED) is 0.0181. The van der Waals surface area contributed by atoms with E-state index >= 15 is 0 Å². The zero-order valence-corrected chi connectivity index (χ0v) is 48.1. The van der Waals surface area contributed by atoms with E-state index in [1.807, 2.05) is 38.2 Å². The Balaban J connectivity index is 0.00000102. The van der Waals surface area contributed by atoms with Crippen molar-refractivity contribution in [2.75, 3.05) is 87.3 Å². The molecule has 0 bridgehead atoms. The summed E-state index contributed by atoms with van der Waals surface area (Å²) in [6.07, 6.45) is 15.4. The summed E-state index contributed by atoms with van der Waals surface area (Å²) in [7, 11) is -2.07. The largest absolute Gasteiger partial charge is 0.778 e. The number of rotatable bonds is 23. The molecule has 17 nitrogen and oxygen atoms in total. The van der Waals surface area contributed by atoms with Crippen molar-refractivity contribution < 1.29 is 66.8 Å². The van der Waals surface area contributed by atoms with E-state index in [-0.39, 0.29) is 40.2 Å². The highest BCUT2D eigenvalue weighted by molar-refractivity contribution is 7.94. The van der Waals surface area contributed by atoms with E-state index in [0.29, 0.717) is 61.2 Å². The molecule has 4 rings (SSSR count). The van der Waals surface area contributed by atoms with E-state index in [4.69, 9.17) is 70.6 Å². The van der Waals surface area contributed by atoms with Crippen LogP contribution in [0.1, 0.15) is 76.8 Å². The van der Waals surface area contributed by atoms with Gasteiger partial charge in [0.15, 0.2) is 11.4 Å². The Hall–Kier alpha value is -4.01. The summed E-state index contributed by atoms with van der Waals surface area (Å²) in [5.74, 6) is -4.01. The minimum atomic E-state index is -4.35. The van der Waals surface area contributed by atoms with Crippen molar-refractivity contribution in [1.29, 1.82) is 0 Å². The van der Waals surface area contributed by atoms with Gasteiger partial charge in [0, 0.05) is 37.4 Å². The molecule has 2 aliphatic rings. The molecule has 74 heavy (non-hydrogen) atoms. The molecular weight excluding hydrogens is 1090 g/mol.